The minimum absolute atomic E-state index is 0.0477. The summed E-state index contributed by atoms with van der Waals surface area (Å²) in [5.74, 6) is -0.389. The van der Waals surface area contributed by atoms with Crippen molar-refractivity contribution >= 4 is 5.97 Å². The Morgan fingerprint density at radius 1 is 1.69 bits per heavy atom. The van der Waals surface area contributed by atoms with Gasteiger partial charge in [0.15, 0.2) is 0 Å². The molecule has 0 aromatic carbocycles. The summed E-state index contributed by atoms with van der Waals surface area (Å²) in [5, 5.41) is 17.2. The Bertz CT molecular complexity index is 306. The standard InChI is InChI=1S/C8H12N2O3/c1-10-6(2-3-11)5-9-7(10)4-8(12)13/h5,11H,2-4H2,1H3,(H,12,13). The van der Waals surface area contributed by atoms with E-state index in [0.29, 0.717) is 12.2 Å². The number of aliphatic carboxylic acids is 1. The highest BCUT2D eigenvalue weighted by atomic mass is 16.4. The van der Waals surface area contributed by atoms with E-state index in [1.54, 1.807) is 17.8 Å². The van der Waals surface area contributed by atoms with E-state index in [-0.39, 0.29) is 13.0 Å². The molecule has 0 aliphatic rings. The number of hydrogen-bond acceptors (Lipinski definition) is 3. The third kappa shape index (κ3) is 2.29. The molecule has 0 atom stereocenters. The van der Waals surface area contributed by atoms with Crippen molar-refractivity contribution in [2.75, 3.05) is 6.61 Å². The first-order chi connectivity index (χ1) is 6.15. The number of aliphatic hydroxyl groups excluding tert-OH is 1. The second kappa shape index (κ2) is 4.04. The van der Waals surface area contributed by atoms with Gasteiger partial charge in [0.05, 0.1) is 0 Å². The Morgan fingerprint density at radius 3 is 2.92 bits per heavy atom. The van der Waals surface area contributed by atoms with Crippen LogP contribution in [0.2, 0.25) is 0 Å². The van der Waals surface area contributed by atoms with Gasteiger partial charge in [-0.25, -0.2) is 4.98 Å². The van der Waals surface area contributed by atoms with Gasteiger partial charge >= 0.3 is 5.97 Å². The first kappa shape index (κ1) is 9.73. The largest absolute Gasteiger partial charge is 0.481 e. The first-order valence-corrected chi connectivity index (χ1v) is 3.97. The summed E-state index contributed by atoms with van der Waals surface area (Å²) < 4.78 is 1.70. The molecule has 72 valence electrons. The van der Waals surface area contributed by atoms with Crippen LogP contribution in [0, 0.1) is 0 Å². The molecule has 13 heavy (non-hydrogen) atoms. The number of rotatable bonds is 4. The molecule has 0 radical (unpaired) electrons. The van der Waals surface area contributed by atoms with Gasteiger partial charge in [-0.3, -0.25) is 4.79 Å². The molecule has 5 heteroatoms. The molecule has 1 aromatic heterocycles. The maximum atomic E-state index is 10.4. The summed E-state index contributed by atoms with van der Waals surface area (Å²) in [6, 6.07) is 0. The zero-order valence-electron chi connectivity index (χ0n) is 7.40. The zero-order valence-corrected chi connectivity index (χ0v) is 7.40. The SMILES string of the molecule is Cn1c(CCO)cnc1CC(=O)O. The van der Waals surface area contributed by atoms with Gasteiger partial charge in [-0.15, -0.1) is 0 Å². The van der Waals surface area contributed by atoms with E-state index < -0.39 is 5.97 Å². The van der Waals surface area contributed by atoms with E-state index >= 15 is 0 Å². The molecule has 0 aliphatic carbocycles. The average molecular weight is 184 g/mol. The van der Waals surface area contributed by atoms with Gasteiger partial charge in [0.1, 0.15) is 12.2 Å². The summed E-state index contributed by atoms with van der Waals surface area (Å²) in [6.45, 7) is 0.0477. The van der Waals surface area contributed by atoms with E-state index in [1.807, 2.05) is 0 Å². The molecule has 2 N–H and O–H groups in total. The van der Waals surface area contributed by atoms with Crippen LogP contribution in [-0.4, -0.2) is 32.3 Å². The van der Waals surface area contributed by atoms with Crippen molar-refractivity contribution in [3.05, 3.63) is 17.7 Å². The molecule has 5 nitrogen and oxygen atoms in total. The Hall–Kier alpha value is -1.36. The maximum Gasteiger partial charge on any atom is 0.311 e. The lowest BCUT2D eigenvalue weighted by Crippen LogP contribution is -2.08. The van der Waals surface area contributed by atoms with Crippen molar-refractivity contribution in [2.45, 2.75) is 12.8 Å². The molecular formula is C8H12N2O3. The van der Waals surface area contributed by atoms with Crippen LogP contribution >= 0.6 is 0 Å². The van der Waals surface area contributed by atoms with Crippen LogP contribution in [0.15, 0.2) is 6.20 Å². The van der Waals surface area contributed by atoms with Gasteiger partial charge in [0.2, 0.25) is 0 Å². The highest BCUT2D eigenvalue weighted by molar-refractivity contribution is 5.69. The quantitative estimate of drug-likeness (QED) is 0.666. The molecule has 1 aromatic rings. The lowest BCUT2D eigenvalue weighted by Gasteiger charge is -2.02. The summed E-state index contributed by atoms with van der Waals surface area (Å²) in [5.41, 5.74) is 0.846. The monoisotopic (exact) mass is 184 g/mol. The molecule has 0 spiro atoms. The van der Waals surface area contributed by atoms with Crippen LogP contribution in [0.5, 0.6) is 0 Å². The van der Waals surface area contributed by atoms with E-state index in [0.717, 1.165) is 5.69 Å². The summed E-state index contributed by atoms with van der Waals surface area (Å²) >= 11 is 0. The van der Waals surface area contributed by atoms with E-state index in [1.165, 1.54) is 0 Å². The van der Waals surface area contributed by atoms with Crippen LogP contribution in [-0.2, 0) is 24.7 Å². The fourth-order valence-corrected chi connectivity index (χ4v) is 1.13. The normalized spacial score (nSPS) is 10.3. The summed E-state index contributed by atoms with van der Waals surface area (Å²) in [7, 11) is 1.75. The molecule has 0 unspecified atom stereocenters. The van der Waals surface area contributed by atoms with Crippen molar-refractivity contribution < 1.29 is 15.0 Å². The molecule has 0 aliphatic heterocycles. The highest BCUT2D eigenvalue weighted by Crippen LogP contribution is 2.04. The predicted molar refractivity (Wildman–Crippen MR) is 45.3 cm³/mol. The Labute approximate surface area is 75.6 Å². The second-order valence-corrected chi connectivity index (χ2v) is 2.77. The summed E-state index contributed by atoms with van der Waals surface area (Å²) in [4.78, 5) is 14.3. The van der Waals surface area contributed by atoms with Gasteiger partial charge in [-0.05, 0) is 0 Å². The summed E-state index contributed by atoms with van der Waals surface area (Å²) in [6.07, 6.45) is 2.01. The average Bonchev–Trinajstić information content (AvgIpc) is 2.36. The highest BCUT2D eigenvalue weighted by Gasteiger charge is 2.08. The predicted octanol–water partition coefficient (Wildman–Crippen LogP) is -0.418. The number of aromatic nitrogens is 2. The minimum atomic E-state index is -0.899. The van der Waals surface area contributed by atoms with Crippen molar-refractivity contribution in [3.8, 4) is 0 Å². The van der Waals surface area contributed by atoms with Crippen LogP contribution in [0.1, 0.15) is 11.5 Å². The third-order valence-corrected chi connectivity index (χ3v) is 1.86. The van der Waals surface area contributed by atoms with Gasteiger partial charge in [-0.2, -0.15) is 0 Å². The smallest absolute Gasteiger partial charge is 0.311 e. The molecule has 1 rings (SSSR count). The van der Waals surface area contributed by atoms with Crippen molar-refractivity contribution in [1.29, 1.82) is 0 Å². The zero-order chi connectivity index (χ0) is 9.84. The third-order valence-electron chi connectivity index (χ3n) is 1.86. The molecule has 0 saturated carbocycles. The van der Waals surface area contributed by atoms with E-state index in [9.17, 15) is 4.79 Å². The van der Waals surface area contributed by atoms with Gasteiger partial charge in [0.25, 0.3) is 0 Å². The van der Waals surface area contributed by atoms with Crippen LogP contribution in [0.4, 0.5) is 0 Å². The molecule has 0 bridgehead atoms. The van der Waals surface area contributed by atoms with Crippen molar-refractivity contribution in [1.82, 2.24) is 9.55 Å². The van der Waals surface area contributed by atoms with Gasteiger partial charge in [-0.1, -0.05) is 0 Å². The maximum absolute atomic E-state index is 10.4. The van der Waals surface area contributed by atoms with Crippen LogP contribution in [0.3, 0.4) is 0 Å². The lowest BCUT2D eigenvalue weighted by atomic mass is 10.3. The number of carbonyl (C=O) groups is 1. The number of imidazole rings is 1. The number of hydrogen-bond donors (Lipinski definition) is 2. The van der Waals surface area contributed by atoms with Gasteiger partial charge in [0, 0.05) is 32.0 Å². The topological polar surface area (TPSA) is 75.3 Å². The fourth-order valence-electron chi connectivity index (χ4n) is 1.13. The Balaban J connectivity index is 2.79. The number of carboxylic acid groups (broad SMARTS) is 1. The number of aliphatic hydroxyl groups is 1. The van der Waals surface area contributed by atoms with Gasteiger partial charge < -0.3 is 14.8 Å². The molecule has 1 heterocycles. The number of nitrogens with zero attached hydrogens (tertiary/aromatic N) is 2. The molecule has 0 saturated heterocycles. The Kier molecular flexibility index (Phi) is 3.02. The van der Waals surface area contributed by atoms with E-state index in [4.69, 9.17) is 10.2 Å². The van der Waals surface area contributed by atoms with Crippen molar-refractivity contribution in [3.63, 3.8) is 0 Å². The first-order valence-electron chi connectivity index (χ1n) is 3.97. The lowest BCUT2D eigenvalue weighted by molar-refractivity contribution is -0.136. The molecule has 0 amide bonds. The minimum Gasteiger partial charge on any atom is -0.481 e. The van der Waals surface area contributed by atoms with Crippen LogP contribution < -0.4 is 0 Å². The van der Waals surface area contributed by atoms with Crippen molar-refractivity contribution in [2.24, 2.45) is 7.05 Å². The fraction of sp³-hybridized carbons (Fsp3) is 0.500. The van der Waals surface area contributed by atoms with Crippen LogP contribution in [0.25, 0.3) is 0 Å². The molecular weight excluding hydrogens is 172 g/mol. The number of carboxylic acids is 1. The second-order valence-electron chi connectivity index (χ2n) is 2.77. The molecule has 0 fully saturated rings. The van der Waals surface area contributed by atoms with E-state index in [2.05, 4.69) is 4.98 Å². The Morgan fingerprint density at radius 2 is 2.38 bits per heavy atom.